The van der Waals surface area contributed by atoms with Gasteiger partial charge in [0.05, 0.1) is 12.0 Å². The Bertz CT molecular complexity index is 824. The van der Waals surface area contributed by atoms with Gasteiger partial charge in [-0.2, -0.15) is 8.78 Å². The molecule has 25 heavy (non-hydrogen) atoms. The van der Waals surface area contributed by atoms with Crippen LogP contribution in [0.4, 0.5) is 25.0 Å². The van der Waals surface area contributed by atoms with Gasteiger partial charge >= 0.3 is 12.7 Å². The maximum atomic E-state index is 12.3. The molecule has 0 spiro atoms. The summed E-state index contributed by atoms with van der Waals surface area (Å²) in [7, 11) is -2.68. The van der Waals surface area contributed by atoms with Gasteiger partial charge < -0.3 is 9.47 Å². The van der Waals surface area contributed by atoms with E-state index in [1.54, 1.807) is 0 Å². The quantitative estimate of drug-likeness (QED) is 0.812. The van der Waals surface area contributed by atoms with Crippen molar-refractivity contribution in [1.29, 1.82) is 0 Å². The van der Waals surface area contributed by atoms with E-state index in [4.69, 9.17) is 0 Å². The first-order chi connectivity index (χ1) is 11.8. The van der Waals surface area contributed by atoms with E-state index >= 15 is 0 Å². The molecular weight excluding hydrogens is 358 g/mol. The number of methoxy groups -OCH3 is 1. The highest BCUT2D eigenvalue weighted by atomic mass is 32.2. The van der Waals surface area contributed by atoms with E-state index in [9.17, 15) is 22.0 Å². The highest BCUT2D eigenvalue weighted by Gasteiger charge is 2.15. The zero-order valence-electron chi connectivity index (χ0n) is 12.9. The minimum atomic E-state index is -3.88. The number of alkyl halides is 2. The minimum Gasteiger partial charge on any atom is -0.453 e. The van der Waals surface area contributed by atoms with Gasteiger partial charge in [-0.3, -0.25) is 10.0 Å². The molecule has 134 valence electrons. The van der Waals surface area contributed by atoms with E-state index in [-0.39, 0.29) is 16.3 Å². The second kappa shape index (κ2) is 7.79. The second-order valence-electron chi connectivity index (χ2n) is 4.65. The van der Waals surface area contributed by atoms with Crippen LogP contribution in [-0.4, -0.2) is 28.2 Å². The molecule has 10 heteroatoms. The number of halogens is 2. The van der Waals surface area contributed by atoms with Crippen LogP contribution >= 0.6 is 0 Å². The third kappa shape index (κ3) is 5.31. The standard InChI is InChI=1S/C15H14F2N2O5S/c1-23-15(20)18-10-4-8-13(9-5-10)25(21,22)19-11-2-6-12(7-3-11)24-14(16)17/h2-9,14,19H,1H3,(H,18,20). The molecule has 0 aliphatic heterocycles. The highest BCUT2D eigenvalue weighted by molar-refractivity contribution is 7.92. The Morgan fingerprint density at radius 1 is 1.00 bits per heavy atom. The van der Waals surface area contributed by atoms with E-state index < -0.39 is 22.7 Å². The maximum Gasteiger partial charge on any atom is 0.411 e. The first-order valence-electron chi connectivity index (χ1n) is 6.83. The summed E-state index contributed by atoms with van der Waals surface area (Å²) in [5, 5.41) is 2.39. The number of ether oxygens (including phenoxy) is 2. The van der Waals surface area contributed by atoms with Crippen molar-refractivity contribution in [2.75, 3.05) is 17.1 Å². The SMILES string of the molecule is COC(=O)Nc1ccc(S(=O)(=O)Nc2ccc(OC(F)F)cc2)cc1. The van der Waals surface area contributed by atoms with Crippen molar-refractivity contribution in [3.8, 4) is 5.75 Å². The second-order valence-corrected chi connectivity index (χ2v) is 6.33. The molecule has 0 heterocycles. The molecule has 2 rings (SSSR count). The van der Waals surface area contributed by atoms with E-state index in [0.29, 0.717) is 5.69 Å². The first-order valence-corrected chi connectivity index (χ1v) is 8.31. The van der Waals surface area contributed by atoms with Crippen LogP contribution in [0.25, 0.3) is 0 Å². The van der Waals surface area contributed by atoms with Gasteiger partial charge in [-0.25, -0.2) is 13.2 Å². The van der Waals surface area contributed by atoms with Crippen molar-refractivity contribution in [2.24, 2.45) is 0 Å². The molecule has 0 aliphatic rings. The Morgan fingerprint density at radius 2 is 1.56 bits per heavy atom. The van der Waals surface area contributed by atoms with Gasteiger partial charge in [0, 0.05) is 11.4 Å². The number of sulfonamides is 1. The van der Waals surface area contributed by atoms with Crippen LogP contribution in [0.2, 0.25) is 0 Å². The largest absolute Gasteiger partial charge is 0.453 e. The smallest absolute Gasteiger partial charge is 0.411 e. The van der Waals surface area contributed by atoms with E-state index in [1.807, 2.05) is 0 Å². The molecule has 0 fully saturated rings. The van der Waals surface area contributed by atoms with E-state index in [2.05, 4.69) is 19.5 Å². The normalized spacial score (nSPS) is 11.0. The molecule has 1 amide bonds. The fourth-order valence-corrected chi connectivity index (χ4v) is 2.86. The lowest BCUT2D eigenvalue weighted by molar-refractivity contribution is -0.0498. The summed E-state index contributed by atoms with van der Waals surface area (Å²) in [6.45, 7) is -2.96. The molecule has 0 aliphatic carbocycles. The monoisotopic (exact) mass is 372 g/mol. The summed E-state index contributed by atoms with van der Waals surface area (Å²) in [5.41, 5.74) is 0.540. The first kappa shape index (κ1) is 18.5. The fraction of sp³-hybridized carbons (Fsp3) is 0.133. The lowest BCUT2D eigenvalue weighted by Crippen LogP contribution is -2.14. The number of hydrogen-bond acceptors (Lipinski definition) is 5. The molecule has 0 radical (unpaired) electrons. The maximum absolute atomic E-state index is 12.3. The van der Waals surface area contributed by atoms with Crippen LogP contribution in [0.15, 0.2) is 53.4 Å². The van der Waals surface area contributed by atoms with Gasteiger partial charge in [0.2, 0.25) is 0 Å². The predicted octanol–water partition coefficient (Wildman–Crippen LogP) is 3.27. The number of benzene rings is 2. The topological polar surface area (TPSA) is 93.7 Å². The number of nitrogens with one attached hydrogen (secondary N) is 2. The lowest BCUT2D eigenvalue weighted by Gasteiger charge is -2.10. The molecule has 0 saturated carbocycles. The van der Waals surface area contributed by atoms with Crippen molar-refractivity contribution in [3.63, 3.8) is 0 Å². The number of hydrogen-bond donors (Lipinski definition) is 2. The zero-order valence-corrected chi connectivity index (χ0v) is 13.7. The molecule has 7 nitrogen and oxygen atoms in total. The molecule has 0 unspecified atom stereocenters. The third-order valence-electron chi connectivity index (χ3n) is 2.93. The van der Waals surface area contributed by atoms with Crippen molar-refractivity contribution in [1.82, 2.24) is 0 Å². The summed E-state index contributed by atoms with van der Waals surface area (Å²) in [6.07, 6.45) is -0.681. The van der Waals surface area contributed by atoms with E-state index in [1.165, 1.54) is 55.6 Å². The van der Waals surface area contributed by atoms with Gasteiger partial charge in [0.1, 0.15) is 5.75 Å². The third-order valence-corrected chi connectivity index (χ3v) is 4.33. The van der Waals surface area contributed by atoms with Crippen LogP contribution in [0.3, 0.4) is 0 Å². The van der Waals surface area contributed by atoms with Crippen molar-refractivity contribution >= 4 is 27.5 Å². The summed E-state index contributed by atoms with van der Waals surface area (Å²) >= 11 is 0. The Labute approximate surface area is 142 Å². The summed E-state index contributed by atoms with van der Waals surface area (Å²) in [5.74, 6) is -0.0869. The summed E-state index contributed by atoms with van der Waals surface area (Å²) < 4.78 is 59.6. The summed E-state index contributed by atoms with van der Waals surface area (Å²) in [4.78, 5) is 11.0. The average Bonchev–Trinajstić information content (AvgIpc) is 2.56. The van der Waals surface area contributed by atoms with Gasteiger partial charge in [-0.1, -0.05) is 0 Å². The number of amides is 1. The molecule has 2 N–H and O–H groups in total. The Hall–Kier alpha value is -2.88. The van der Waals surface area contributed by atoms with Gasteiger partial charge in [0.25, 0.3) is 10.0 Å². The van der Waals surface area contributed by atoms with Crippen LogP contribution in [0.1, 0.15) is 0 Å². The highest BCUT2D eigenvalue weighted by Crippen LogP contribution is 2.21. The molecule has 0 saturated heterocycles. The predicted molar refractivity (Wildman–Crippen MR) is 86.4 cm³/mol. The molecule has 2 aromatic rings. The van der Waals surface area contributed by atoms with Crippen LogP contribution in [0.5, 0.6) is 5.75 Å². The molecule has 0 atom stereocenters. The number of carbonyl (C=O) groups excluding carboxylic acids is 1. The van der Waals surface area contributed by atoms with Gasteiger partial charge in [-0.05, 0) is 48.5 Å². The van der Waals surface area contributed by atoms with Crippen molar-refractivity contribution < 1.29 is 31.5 Å². The lowest BCUT2D eigenvalue weighted by atomic mass is 10.3. The van der Waals surface area contributed by atoms with Crippen molar-refractivity contribution in [2.45, 2.75) is 11.5 Å². The zero-order chi connectivity index (χ0) is 18.4. The molecule has 0 bridgehead atoms. The Kier molecular flexibility index (Phi) is 5.75. The Morgan fingerprint density at radius 3 is 2.08 bits per heavy atom. The molecule has 2 aromatic carbocycles. The fourth-order valence-electron chi connectivity index (χ4n) is 1.80. The summed E-state index contributed by atoms with van der Waals surface area (Å²) in [6, 6.07) is 10.4. The molecular formula is C15H14F2N2O5S. The Balaban J connectivity index is 2.09. The van der Waals surface area contributed by atoms with E-state index in [0.717, 1.165) is 0 Å². The molecule has 0 aromatic heterocycles. The minimum absolute atomic E-state index is 0.0455. The van der Waals surface area contributed by atoms with Gasteiger partial charge in [-0.15, -0.1) is 0 Å². The van der Waals surface area contributed by atoms with Crippen LogP contribution in [-0.2, 0) is 14.8 Å². The van der Waals surface area contributed by atoms with Crippen molar-refractivity contribution in [3.05, 3.63) is 48.5 Å². The van der Waals surface area contributed by atoms with Gasteiger partial charge in [0.15, 0.2) is 0 Å². The number of anilines is 2. The number of carbonyl (C=O) groups is 1. The van der Waals surface area contributed by atoms with Crippen LogP contribution in [0, 0.1) is 0 Å². The van der Waals surface area contributed by atoms with Crippen LogP contribution < -0.4 is 14.8 Å². The number of rotatable bonds is 6. The average molecular weight is 372 g/mol.